The summed E-state index contributed by atoms with van der Waals surface area (Å²) < 4.78 is 0. The summed E-state index contributed by atoms with van der Waals surface area (Å²) in [5.41, 5.74) is 1.06. The molecule has 0 radical (unpaired) electrons. The highest BCUT2D eigenvalue weighted by Gasteiger charge is 2.06. The van der Waals surface area contributed by atoms with E-state index >= 15 is 0 Å². The van der Waals surface area contributed by atoms with E-state index in [0.29, 0.717) is 0 Å². The van der Waals surface area contributed by atoms with Gasteiger partial charge in [0.05, 0.1) is 0 Å². The predicted octanol–water partition coefficient (Wildman–Crippen LogP) is 3.35. The summed E-state index contributed by atoms with van der Waals surface area (Å²) in [6.07, 6.45) is 5.72. The van der Waals surface area contributed by atoms with Crippen LogP contribution >= 0.6 is 0 Å². The Morgan fingerprint density at radius 2 is 1.94 bits per heavy atom. The van der Waals surface area contributed by atoms with E-state index in [1.807, 2.05) is 48.2 Å². The highest BCUT2D eigenvalue weighted by molar-refractivity contribution is 5.91. The first-order valence-corrected chi connectivity index (χ1v) is 6.30. The molecule has 0 aliphatic rings. The molecule has 0 saturated carbocycles. The van der Waals surface area contributed by atoms with Gasteiger partial charge < -0.3 is 4.90 Å². The van der Waals surface area contributed by atoms with Gasteiger partial charge in [0.2, 0.25) is 5.91 Å². The van der Waals surface area contributed by atoms with Crippen molar-refractivity contribution in [1.82, 2.24) is 4.90 Å². The van der Waals surface area contributed by atoms with E-state index in [1.54, 1.807) is 6.08 Å². The van der Waals surface area contributed by atoms with Crippen LogP contribution in [0.25, 0.3) is 6.08 Å². The molecule has 0 heterocycles. The van der Waals surface area contributed by atoms with Crippen molar-refractivity contribution >= 4 is 12.0 Å². The van der Waals surface area contributed by atoms with Crippen LogP contribution < -0.4 is 0 Å². The topological polar surface area (TPSA) is 20.3 Å². The maximum Gasteiger partial charge on any atom is 0.246 e. The third-order valence-electron chi connectivity index (χ3n) is 2.69. The number of nitrogens with zero attached hydrogens (tertiary/aromatic N) is 1. The lowest BCUT2D eigenvalue weighted by Crippen LogP contribution is -2.30. The number of carbonyl (C=O) groups is 1. The maximum atomic E-state index is 11.9. The molecule has 0 N–H and O–H groups in total. The summed E-state index contributed by atoms with van der Waals surface area (Å²) in [7, 11) is 0. The molecule has 0 aliphatic carbocycles. The van der Waals surface area contributed by atoms with E-state index in [0.717, 1.165) is 31.5 Å². The van der Waals surface area contributed by atoms with Crippen LogP contribution in [-0.2, 0) is 4.79 Å². The fraction of sp³-hybridized carbons (Fsp3) is 0.400. The van der Waals surface area contributed by atoms with Gasteiger partial charge in [0.25, 0.3) is 0 Å². The number of likely N-dealkylation sites (N-methyl/N-ethyl adjacent to an activating group) is 1. The minimum Gasteiger partial charge on any atom is -0.339 e. The molecule has 1 aromatic rings. The SMILES string of the molecule is CCCCN(CC)C(=O)/C=C/c1ccccc1. The third-order valence-corrected chi connectivity index (χ3v) is 2.69. The van der Waals surface area contributed by atoms with Crippen molar-refractivity contribution in [2.75, 3.05) is 13.1 Å². The lowest BCUT2D eigenvalue weighted by atomic mass is 10.2. The van der Waals surface area contributed by atoms with Crippen LogP contribution in [0.4, 0.5) is 0 Å². The predicted molar refractivity (Wildman–Crippen MR) is 72.6 cm³/mol. The van der Waals surface area contributed by atoms with Gasteiger partial charge in [-0.25, -0.2) is 0 Å². The van der Waals surface area contributed by atoms with Crippen LogP contribution in [0.2, 0.25) is 0 Å². The second-order valence-corrected chi connectivity index (χ2v) is 4.02. The fourth-order valence-corrected chi connectivity index (χ4v) is 1.61. The average molecular weight is 231 g/mol. The summed E-state index contributed by atoms with van der Waals surface area (Å²) in [5, 5.41) is 0. The number of carbonyl (C=O) groups excluding carboxylic acids is 1. The van der Waals surface area contributed by atoms with E-state index in [1.165, 1.54) is 0 Å². The normalized spacial score (nSPS) is 10.7. The molecule has 0 aromatic heterocycles. The van der Waals surface area contributed by atoms with Crippen LogP contribution in [0.1, 0.15) is 32.3 Å². The number of hydrogen-bond donors (Lipinski definition) is 0. The van der Waals surface area contributed by atoms with E-state index in [2.05, 4.69) is 6.92 Å². The average Bonchev–Trinajstić information content (AvgIpc) is 2.38. The lowest BCUT2D eigenvalue weighted by molar-refractivity contribution is -0.125. The Morgan fingerprint density at radius 1 is 1.24 bits per heavy atom. The molecular formula is C15H21NO. The Balaban J connectivity index is 2.55. The number of hydrogen-bond acceptors (Lipinski definition) is 1. The Hall–Kier alpha value is -1.57. The summed E-state index contributed by atoms with van der Waals surface area (Å²) >= 11 is 0. The van der Waals surface area contributed by atoms with Gasteiger partial charge in [-0.05, 0) is 25.0 Å². The summed E-state index contributed by atoms with van der Waals surface area (Å²) in [4.78, 5) is 13.8. The quantitative estimate of drug-likeness (QED) is 0.687. The molecule has 0 spiro atoms. The van der Waals surface area contributed by atoms with Gasteiger partial charge in [-0.2, -0.15) is 0 Å². The zero-order valence-electron chi connectivity index (χ0n) is 10.7. The van der Waals surface area contributed by atoms with Gasteiger partial charge in [0.15, 0.2) is 0 Å². The van der Waals surface area contributed by atoms with Crippen molar-refractivity contribution in [2.24, 2.45) is 0 Å². The van der Waals surface area contributed by atoms with Gasteiger partial charge in [-0.1, -0.05) is 43.7 Å². The maximum absolute atomic E-state index is 11.9. The van der Waals surface area contributed by atoms with Crippen molar-refractivity contribution in [3.63, 3.8) is 0 Å². The van der Waals surface area contributed by atoms with Crippen LogP contribution in [0.5, 0.6) is 0 Å². The van der Waals surface area contributed by atoms with Gasteiger partial charge >= 0.3 is 0 Å². The summed E-state index contributed by atoms with van der Waals surface area (Å²) in [6, 6.07) is 9.90. The van der Waals surface area contributed by atoms with Crippen molar-refractivity contribution in [1.29, 1.82) is 0 Å². The van der Waals surface area contributed by atoms with Crippen LogP contribution in [-0.4, -0.2) is 23.9 Å². The Labute approximate surface area is 104 Å². The molecule has 17 heavy (non-hydrogen) atoms. The molecule has 1 aromatic carbocycles. The van der Waals surface area contributed by atoms with E-state index in [4.69, 9.17) is 0 Å². The zero-order valence-corrected chi connectivity index (χ0v) is 10.7. The zero-order chi connectivity index (χ0) is 12.5. The van der Waals surface area contributed by atoms with Crippen molar-refractivity contribution in [3.05, 3.63) is 42.0 Å². The monoisotopic (exact) mass is 231 g/mol. The molecule has 1 rings (SSSR count). The Kier molecular flexibility index (Phi) is 6.08. The van der Waals surface area contributed by atoms with E-state index < -0.39 is 0 Å². The highest BCUT2D eigenvalue weighted by Crippen LogP contribution is 2.03. The number of unbranched alkanes of at least 4 members (excludes halogenated alkanes) is 1. The van der Waals surface area contributed by atoms with Gasteiger partial charge in [0, 0.05) is 19.2 Å². The first kappa shape index (κ1) is 13.5. The first-order valence-electron chi connectivity index (χ1n) is 6.30. The molecule has 0 aliphatic heterocycles. The molecule has 0 atom stereocenters. The van der Waals surface area contributed by atoms with Crippen LogP contribution in [0.15, 0.2) is 36.4 Å². The third kappa shape index (κ3) is 4.85. The Morgan fingerprint density at radius 3 is 2.53 bits per heavy atom. The van der Waals surface area contributed by atoms with E-state index in [9.17, 15) is 4.79 Å². The van der Waals surface area contributed by atoms with Crippen molar-refractivity contribution in [3.8, 4) is 0 Å². The molecular weight excluding hydrogens is 210 g/mol. The Bertz CT molecular complexity index is 356. The minimum atomic E-state index is 0.102. The fourth-order valence-electron chi connectivity index (χ4n) is 1.61. The highest BCUT2D eigenvalue weighted by atomic mass is 16.2. The smallest absolute Gasteiger partial charge is 0.246 e. The van der Waals surface area contributed by atoms with Crippen LogP contribution in [0, 0.1) is 0 Å². The second kappa shape index (κ2) is 7.66. The largest absolute Gasteiger partial charge is 0.339 e. The molecule has 2 heteroatoms. The first-order chi connectivity index (χ1) is 8.27. The van der Waals surface area contributed by atoms with Gasteiger partial charge in [0.1, 0.15) is 0 Å². The second-order valence-electron chi connectivity index (χ2n) is 4.02. The van der Waals surface area contributed by atoms with Gasteiger partial charge in [-0.3, -0.25) is 4.79 Å². The molecule has 0 unspecified atom stereocenters. The molecule has 0 fully saturated rings. The molecule has 0 saturated heterocycles. The van der Waals surface area contributed by atoms with Gasteiger partial charge in [-0.15, -0.1) is 0 Å². The number of amides is 1. The minimum absolute atomic E-state index is 0.102. The molecule has 2 nitrogen and oxygen atoms in total. The standard InChI is InChI=1S/C15H21NO/c1-3-5-13-16(4-2)15(17)12-11-14-9-7-6-8-10-14/h6-12H,3-5,13H2,1-2H3/b12-11+. The van der Waals surface area contributed by atoms with Crippen molar-refractivity contribution in [2.45, 2.75) is 26.7 Å². The number of rotatable bonds is 6. The molecule has 1 amide bonds. The lowest BCUT2D eigenvalue weighted by Gasteiger charge is -2.18. The number of benzene rings is 1. The summed E-state index contributed by atoms with van der Waals surface area (Å²) in [6.45, 7) is 5.78. The van der Waals surface area contributed by atoms with Crippen LogP contribution in [0.3, 0.4) is 0 Å². The van der Waals surface area contributed by atoms with Crippen molar-refractivity contribution < 1.29 is 4.79 Å². The van der Waals surface area contributed by atoms with E-state index in [-0.39, 0.29) is 5.91 Å². The molecule has 92 valence electrons. The molecule has 0 bridgehead atoms. The summed E-state index contributed by atoms with van der Waals surface area (Å²) in [5.74, 6) is 0.102.